The molecule has 2 nitrogen and oxygen atoms in total. The Morgan fingerprint density at radius 2 is 1.94 bits per heavy atom. The fourth-order valence-electron chi connectivity index (χ4n) is 2.92. The summed E-state index contributed by atoms with van der Waals surface area (Å²) in [6.07, 6.45) is 3.77. The van der Waals surface area contributed by atoms with Crippen LogP contribution in [-0.2, 0) is 10.3 Å². The number of rotatable bonds is 4. The molecule has 1 aromatic carbocycles. The van der Waals surface area contributed by atoms with E-state index in [4.69, 9.17) is 4.74 Å². The maximum atomic E-state index is 10.9. The molecule has 1 unspecified atom stereocenters. The highest BCUT2D eigenvalue weighted by atomic mass is 16.5. The monoisotopic (exact) mass is 248 g/mol. The molecule has 0 aliphatic carbocycles. The maximum absolute atomic E-state index is 10.9. The van der Waals surface area contributed by atoms with E-state index in [1.807, 2.05) is 6.07 Å². The van der Waals surface area contributed by atoms with Gasteiger partial charge in [0.1, 0.15) is 0 Å². The van der Waals surface area contributed by atoms with Gasteiger partial charge in [-0.15, -0.1) is 0 Å². The average molecular weight is 248 g/mol. The van der Waals surface area contributed by atoms with Crippen LogP contribution in [0.25, 0.3) is 0 Å². The third kappa shape index (κ3) is 2.76. The van der Waals surface area contributed by atoms with Crippen LogP contribution >= 0.6 is 0 Å². The third-order valence-corrected chi connectivity index (χ3v) is 4.03. The summed E-state index contributed by atoms with van der Waals surface area (Å²) in [5, 5.41) is 10.9. The van der Waals surface area contributed by atoms with Crippen LogP contribution in [0.3, 0.4) is 0 Å². The first-order valence-corrected chi connectivity index (χ1v) is 7.07. The van der Waals surface area contributed by atoms with E-state index in [-0.39, 0.29) is 0 Å². The number of aliphatic hydroxyl groups is 1. The van der Waals surface area contributed by atoms with Gasteiger partial charge in [-0.2, -0.15) is 0 Å². The molecule has 0 radical (unpaired) electrons. The van der Waals surface area contributed by atoms with Crippen LogP contribution in [0.15, 0.2) is 24.3 Å². The van der Waals surface area contributed by atoms with E-state index in [1.165, 1.54) is 18.4 Å². The van der Waals surface area contributed by atoms with E-state index in [0.717, 1.165) is 5.56 Å². The number of benzene rings is 1. The smallest absolute Gasteiger partial charge is 0.0943 e. The Morgan fingerprint density at radius 3 is 2.61 bits per heavy atom. The van der Waals surface area contributed by atoms with Gasteiger partial charge >= 0.3 is 0 Å². The molecule has 1 aliphatic rings. The first-order valence-electron chi connectivity index (χ1n) is 7.07. The van der Waals surface area contributed by atoms with Crippen LogP contribution in [0, 0.1) is 0 Å². The molecular formula is C16H24O2. The van der Waals surface area contributed by atoms with Crippen molar-refractivity contribution in [3.8, 4) is 0 Å². The minimum atomic E-state index is -0.684. The largest absolute Gasteiger partial charge is 0.385 e. The molecule has 100 valence electrons. The molecule has 1 fully saturated rings. The Kier molecular flexibility index (Phi) is 4.41. The van der Waals surface area contributed by atoms with E-state index < -0.39 is 5.60 Å². The molecular weight excluding hydrogens is 224 g/mol. The predicted molar refractivity (Wildman–Crippen MR) is 73.7 cm³/mol. The van der Waals surface area contributed by atoms with Crippen LogP contribution in [0.2, 0.25) is 0 Å². The molecule has 1 aliphatic heterocycles. The van der Waals surface area contributed by atoms with Crippen LogP contribution < -0.4 is 0 Å². The van der Waals surface area contributed by atoms with E-state index in [0.29, 0.717) is 32.0 Å². The summed E-state index contributed by atoms with van der Waals surface area (Å²) in [5.74, 6) is 0.512. The number of hydrogen-bond donors (Lipinski definition) is 1. The fraction of sp³-hybridized carbons (Fsp3) is 0.625. The molecule has 0 spiro atoms. The van der Waals surface area contributed by atoms with Gasteiger partial charge in [0.25, 0.3) is 0 Å². The van der Waals surface area contributed by atoms with Crippen molar-refractivity contribution < 1.29 is 9.84 Å². The standard InChI is InChI=1S/C16H24O2/c1-3-6-13(2)14-7-4-5-8-15(14)16(17)9-11-18-12-10-16/h4-5,7-8,13,17H,3,6,9-12H2,1-2H3. The van der Waals surface area contributed by atoms with Gasteiger partial charge in [0.2, 0.25) is 0 Å². The molecule has 0 aromatic heterocycles. The average Bonchev–Trinajstić information content (AvgIpc) is 2.40. The molecule has 1 heterocycles. The Morgan fingerprint density at radius 1 is 1.28 bits per heavy atom. The van der Waals surface area contributed by atoms with Crippen LogP contribution in [0.1, 0.15) is 56.6 Å². The normalized spacial score (nSPS) is 20.6. The summed E-state index contributed by atoms with van der Waals surface area (Å²) in [5.41, 5.74) is 1.75. The molecule has 2 rings (SSSR count). The molecule has 2 heteroatoms. The third-order valence-electron chi connectivity index (χ3n) is 4.03. The molecule has 0 bridgehead atoms. The van der Waals surface area contributed by atoms with Gasteiger partial charge in [-0.3, -0.25) is 0 Å². The summed E-state index contributed by atoms with van der Waals surface area (Å²) in [6.45, 7) is 5.79. The van der Waals surface area contributed by atoms with Crippen molar-refractivity contribution in [3.63, 3.8) is 0 Å². The van der Waals surface area contributed by atoms with Crippen LogP contribution in [0.4, 0.5) is 0 Å². The minimum absolute atomic E-state index is 0.512. The highest BCUT2D eigenvalue weighted by molar-refractivity contribution is 5.35. The lowest BCUT2D eigenvalue weighted by atomic mass is 9.80. The molecule has 0 saturated carbocycles. The maximum Gasteiger partial charge on any atom is 0.0943 e. The Balaban J connectivity index is 2.31. The quantitative estimate of drug-likeness (QED) is 0.882. The molecule has 1 aromatic rings. The van der Waals surface area contributed by atoms with E-state index >= 15 is 0 Å². The highest BCUT2D eigenvalue weighted by Crippen LogP contribution is 2.37. The van der Waals surface area contributed by atoms with E-state index in [1.54, 1.807) is 0 Å². The number of hydrogen-bond acceptors (Lipinski definition) is 2. The summed E-state index contributed by atoms with van der Waals surface area (Å²) in [6, 6.07) is 8.37. The Labute approximate surface area is 110 Å². The summed E-state index contributed by atoms with van der Waals surface area (Å²) in [7, 11) is 0. The van der Waals surface area contributed by atoms with Crippen molar-refractivity contribution >= 4 is 0 Å². The van der Waals surface area contributed by atoms with E-state index in [9.17, 15) is 5.11 Å². The van der Waals surface area contributed by atoms with Gasteiger partial charge in [-0.1, -0.05) is 44.5 Å². The SMILES string of the molecule is CCCC(C)c1ccccc1C1(O)CCOCC1. The van der Waals surface area contributed by atoms with Gasteiger partial charge in [0.05, 0.1) is 5.60 Å². The fourth-order valence-corrected chi connectivity index (χ4v) is 2.92. The molecule has 1 atom stereocenters. The van der Waals surface area contributed by atoms with Crippen LogP contribution in [0.5, 0.6) is 0 Å². The molecule has 1 N–H and O–H groups in total. The second kappa shape index (κ2) is 5.85. The molecule has 0 amide bonds. The van der Waals surface area contributed by atoms with Crippen molar-refractivity contribution in [2.75, 3.05) is 13.2 Å². The van der Waals surface area contributed by atoms with Gasteiger partial charge in [-0.05, 0) is 23.5 Å². The highest BCUT2D eigenvalue weighted by Gasteiger charge is 2.34. The topological polar surface area (TPSA) is 29.5 Å². The lowest BCUT2D eigenvalue weighted by Crippen LogP contribution is -2.34. The van der Waals surface area contributed by atoms with Gasteiger partial charge in [0.15, 0.2) is 0 Å². The molecule has 18 heavy (non-hydrogen) atoms. The zero-order valence-corrected chi connectivity index (χ0v) is 11.5. The van der Waals surface area contributed by atoms with Crippen molar-refractivity contribution in [1.82, 2.24) is 0 Å². The van der Waals surface area contributed by atoms with Crippen LogP contribution in [-0.4, -0.2) is 18.3 Å². The predicted octanol–water partition coefficient (Wildman–Crippen LogP) is 3.59. The van der Waals surface area contributed by atoms with Gasteiger partial charge < -0.3 is 9.84 Å². The van der Waals surface area contributed by atoms with Crippen molar-refractivity contribution in [1.29, 1.82) is 0 Å². The zero-order valence-electron chi connectivity index (χ0n) is 11.5. The summed E-state index contributed by atoms with van der Waals surface area (Å²) < 4.78 is 5.37. The van der Waals surface area contributed by atoms with Crippen molar-refractivity contribution in [2.45, 2.75) is 51.0 Å². The second-order valence-electron chi connectivity index (χ2n) is 5.42. The lowest BCUT2D eigenvalue weighted by molar-refractivity contribution is -0.0685. The number of ether oxygens (including phenoxy) is 1. The lowest BCUT2D eigenvalue weighted by Gasteiger charge is -2.35. The van der Waals surface area contributed by atoms with Crippen molar-refractivity contribution in [3.05, 3.63) is 35.4 Å². The van der Waals surface area contributed by atoms with Gasteiger partial charge in [0, 0.05) is 26.1 Å². The van der Waals surface area contributed by atoms with Crippen molar-refractivity contribution in [2.24, 2.45) is 0 Å². The second-order valence-corrected chi connectivity index (χ2v) is 5.42. The Bertz CT molecular complexity index is 380. The minimum Gasteiger partial charge on any atom is -0.385 e. The first-order chi connectivity index (χ1) is 8.67. The van der Waals surface area contributed by atoms with E-state index in [2.05, 4.69) is 32.0 Å². The zero-order chi connectivity index (χ0) is 13.0. The summed E-state index contributed by atoms with van der Waals surface area (Å²) >= 11 is 0. The van der Waals surface area contributed by atoms with Gasteiger partial charge in [-0.25, -0.2) is 0 Å². The Hall–Kier alpha value is -0.860. The first kappa shape index (κ1) is 13.6. The summed E-state index contributed by atoms with van der Waals surface area (Å²) in [4.78, 5) is 0. The molecule has 1 saturated heterocycles.